The first-order valence-corrected chi connectivity index (χ1v) is 5.87. The van der Waals surface area contributed by atoms with Crippen LogP contribution in [0.5, 0.6) is 0 Å². The van der Waals surface area contributed by atoms with Gasteiger partial charge in [0.25, 0.3) is 0 Å². The predicted molar refractivity (Wildman–Crippen MR) is 65.4 cm³/mol. The number of anilines is 1. The van der Waals surface area contributed by atoms with E-state index in [1.807, 2.05) is 0 Å². The molecule has 1 aromatic rings. The van der Waals surface area contributed by atoms with Crippen molar-refractivity contribution in [3.05, 3.63) is 29.3 Å². The molecule has 2 N–H and O–H groups in total. The highest BCUT2D eigenvalue weighted by Crippen LogP contribution is 2.22. The van der Waals surface area contributed by atoms with Gasteiger partial charge < -0.3 is 15.2 Å². The van der Waals surface area contributed by atoms with Crippen molar-refractivity contribution in [2.24, 2.45) is 5.92 Å². The van der Waals surface area contributed by atoms with Gasteiger partial charge in [-0.05, 0) is 24.6 Å². The highest BCUT2D eigenvalue weighted by Gasteiger charge is 2.31. The normalized spacial score (nSPS) is 21.1. The maximum atomic E-state index is 11.2. The Morgan fingerprint density at radius 1 is 1.59 bits per heavy atom. The number of ether oxygens (including phenoxy) is 1. The number of rotatable bonds is 4. The van der Waals surface area contributed by atoms with Crippen molar-refractivity contribution in [3.63, 3.8) is 0 Å². The van der Waals surface area contributed by atoms with Gasteiger partial charge >= 0.3 is 5.97 Å². The average Bonchev–Trinajstić information content (AvgIpc) is 2.78. The molecule has 1 aliphatic rings. The molecule has 17 heavy (non-hydrogen) atoms. The fourth-order valence-corrected chi connectivity index (χ4v) is 2.14. The molecular formula is C12H14ClNO3. The van der Waals surface area contributed by atoms with Crippen molar-refractivity contribution in [3.8, 4) is 0 Å². The number of carboxylic acid groups (broad SMARTS) is 1. The SMILES string of the molecule is O=C(O)C(Nc1cccc(Cl)c1)C1CCOC1. The largest absolute Gasteiger partial charge is 0.480 e. The molecule has 0 bridgehead atoms. The molecule has 2 atom stereocenters. The zero-order chi connectivity index (χ0) is 12.3. The van der Waals surface area contributed by atoms with Gasteiger partial charge in [0, 0.05) is 23.2 Å². The summed E-state index contributed by atoms with van der Waals surface area (Å²) in [7, 11) is 0. The van der Waals surface area contributed by atoms with Crippen LogP contribution in [0.1, 0.15) is 6.42 Å². The van der Waals surface area contributed by atoms with Crippen LogP contribution in [0.15, 0.2) is 24.3 Å². The molecular weight excluding hydrogens is 242 g/mol. The van der Waals surface area contributed by atoms with E-state index < -0.39 is 12.0 Å². The smallest absolute Gasteiger partial charge is 0.326 e. The number of halogens is 1. The summed E-state index contributed by atoms with van der Waals surface area (Å²) in [5.41, 5.74) is 0.719. The molecule has 0 saturated carbocycles. The maximum Gasteiger partial charge on any atom is 0.326 e. The summed E-state index contributed by atoms with van der Waals surface area (Å²) in [6.07, 6.45) is 0.768. The summed E-state index contributed by atoms with van der Waals surface area (Å²) in [5, 5.41) is 12.8. The zero-order valence-electron chi connectivity index (χ0n) is 9.23. The van der Waals surface area contributed by atoms with Crippen molar-refractivity contribution >= 4 is 23.3 Å². The van der Waals surface area contributed by atoms with Gasteiger partial charge in [0.2, 0.25) is 0 Å². The van der Waals surface area contributed by atoms with E-state index in [9.17, 15) is 9.90 Å². The number of aliphatic carboxylic acids is 1. The third-order valence-electron chi connectivity index (χ3n) is 2.85. The number of hydrogen-bond acceptors (Lipinski definition) is 3. The molecule has 1 saturated heterocycles. The van der Waals surface area contributed by atoms with E-state index in [1.54, 1.807) is 24.3 Å². The molecule has 0 aliphatic carbocycles. The number of carbonyl (C=O) groups is 1. The van der Waals surface area contributed by atoms with Gasteiger partial charge in [-0.1, -0.05) is 17.7 Å². The lowest BCUT2D eigenvalue weighted by Gasteiger charge is -2.20. The third kappa shape index (κ3) is 3.11. The van der Waals surface area contributed by atoms with Crippen LogP contribution >= 0.6 is 11.6 Å². The van der Waals surface area contributed by atoms with Gasteiger partial charge in [-0.25, -0.2) is 4.79 Å². The molecule has 2 unspecified atom stereocenters. The van der Waals surface area contributed by atoms with E-state index >= 15 is 0 Å². The molecule has 1 aliphatic heterocycles. The molecule has 1 aromatic carbocycles. The van der Waals surface area contributed by atoms with Gasteiger partial charge in [-0.15, -0.1) is 0 Å². The Morgan fingerprint density at radius 2 is 2.41 bits per heavy atom. The lowest BCUT2D eigenvalue weighted by atomic mass is 9.99. The quantitative estimate of drug-likeness (QED) is 0.866. The van der Waals surface area contributed by atoms with Crippen molar-refractivity contribution < 1.29 is 14.6 Å². The molecule has 4 nitrogen and oxygen atoms in total. The van der Waals surface area contributed by atoms with Crippen molar-refractivity contribution in [2.75, 3.05) is 18.5 Å². The van der Waals surface area contributed by atoms with Crippen molar-refractivity contribution in [1.29, 1.82) is 0 Å². The van der Waals surface area contributed by atoms with Crippen LogP contribution in [0.25, 0.3) is 0 Å². The minimum Gasteiger partial charge on any atom is -0.480 e. The molecule has 0 amide bonds. The Kier molecular flexibility index (Phi) is 3.86. The third-order valence-corrected chi connectivity index (χ3v) is 3.08. The number of carboxylic acids is 1. The van der Waals surface area contributed by atoms with E-state index in [0.717, 1.165) is 12.1 Å². The Morgan fingerprint density at radius 3 is 3.00 bits per heavy atom. The van der Waals surface area contributed by atoms with E-state index in [1.165, 1.54) is 0 Å². The van der Waals surface area contributed by atoms with Gasteiger partial charge in [-0.2, -0.15) is 0 Å². The first kappa shape index (κ1) is 12.2. The van der Waals surface area contributed by atoms with Crippen LogP contribution in [0.3, 0.4) is 0 Å². The lowest BCUT2D eigenvalue weighted by molar-refractivity contribution is -0.139. The molecule has 2 rings (SSSR count). The summed E-state index contributed by atoms with van der Waals surface area (Å²) >= 11 is 5.86. The second kappa shape index (κ2) is 5.38. The molecule has 92 valence electrons. The second-order valence-electron chi connectivity index (χ2n) is 4.09. The van der Waals surface area contributed by atoms with Gasteiger partial charge in [0.05, 0.1) is 6.61 Å². The summed E-state index contributed by atoms with van der Waals surface area (Å²) in [5.74, 6) is -0.855. The lowest BCUT2D eigenvalue weighted by Crippen LogP contribution is -2.37. The Bertz CT molecular complexity index is 404. The molecule has 0 aromatic heterocycles. The zero-order valence-corrected chi connectivity index (χ0v) is 9.98. The average molecular weight is 256 g/mol. The van der Waals surface area contributed by atoms with Gasteiger partial charge in [0.15, 0.2) is 0 Å². The van der Waals surface area contributed by atoms with E-state index in [2.05, 4.69) is 5.32 Å². The topological polar surface area (TPSA) is 58.6 Å². The summed E-state index contributed by atoms with van der Waals surface area (Å²) in [6, 6.07) is 6.43. The second-order valence-corrected chi connectivity index (χ2v) is 4.53. The fourth-order valence-electron chi connectivity index (χ4n) is 1.95. The van der Waals surface area contributed by atoms with Crippen LogP contribution in [-0.4, -0.2) is 30.3 Å². The monoisotopic (exact) mass is 255 g/mol. The first-order chi connectivity index (χ1) is 8.16. The van der Waals surface area contributed by atoms with Crippen LogP contribution in [0.4, 0.5) is 5.69 Å². The Labute approximate surface area is 105 Å². The predicted octanol–water partition coefficient (Wildman–Crippen LogP) is 2.24. The maximum absolute atomic E-state index is 11.2. The first-order valence-electron chi connectivity index (χ1n) is 5.49. The molecule has 0 spiro atoms. The van der Waals surface area contributed by atoms with Gasteiger partial charge in [0.1, 0.15) is 6.04 Å². The van der Waals surface area contributed by atoms with Crippen molar-refractivity contribution in [2.45, 2.75) is 12.5 Å². The van der Waals surface area contributed by atoms with E-state index in [-0.39, 0.29) is 5.92 Å². The van der Waals surface area contributed by atoms with Crippen molar-refractivity contribution in [1.82, 2.24) is 0 Å². The highest BCUT2D eigenvalue weighted by atomic mass is 35.5. The summed E-state index contributed by atoms with van der Waals surface area (Å²) in [4.78, 5) is 11.2. The summed E-state index contributed by atoms with van der Waals surface area (Å²) < 4.78 is 5.22. The van der Waals surface area contributed by atoms with E-state index in [0.29, 0.717) is 18.2 Å². The Hall–Kier alpha value is -1.26. The number of hydrogen-bond donors (Lipinski definition) is 2. The Balaban J connectivity index is 2.09. The van der Waals surface area contributed by atoms with Gasteiger partial charge in [-0.3, -0.25) is 0 Å². The minimum absolute atomic E-state index is 0.00600. The number of benzene rings is 1. The van der Waals surface area contributed by atoms with Crippen LogP contribution in [0, 0.1) is 5.92 Å². The molecule has 0 radical (unpaired) electrons. The highest BCUT2D eigenvalue weighted by molar-refractivity contribution is 6.30. The standard InChI is InChI=1S/C12H14ClNO3/c13-9-2-1-3-10(6-9)14-11(12(15)16)8-4-5-17-7-8/h1-3,6,8,11,14H,4-5,7H2,(H,15,16). The molecule has 1 heterocycles. The van der Waals surface area contributed by atoms with Crippen LogP contribution in [0.2, 0.25) is 5.02 Å². The minimum atomic E-state index is -0.861. The van der Waals surface area contributed by atoms with Crippen LogP contribution in [-0.2, 0) is 9.53 Å². The fraction of sp³-hybridized carbons (Fsp3) is 0.417. The summed E-state index contributed by atoms with van der Waals surface area (Å²) in [6.45, 7) is 1.12. The van der Waals surface area contributed by atoms with Crippen LogP contribution < -0.4 is 5.32 Å². The number of nitrogens with one attached hydrogen (secondary N) is 1. The molecule has 5 heteroatoms. The molecule has 1 fully saturated rings. The van der Waals surface area contributed by atoms with E-state index in [4.69, 9.17) is 16.3 Å².